The number of nitrogens with zero attached hydrogens (tertiary/aromatic N) is 2. The topological polar surface area (TPSA) is 93.3 Å². The van der Waals surface area contributed by atoms with Gasteiger partial charge in [-0.05, 0) is 18.9 Å². The van der Waals surface area contributed by atoms with Crippen LogP contribution in [-0.2, 0) is 4.79 Å². The van der Waals surface area contributed by atoms with Crippen LogP contribution in [0, 0.1) is 23.0 Å². The molecule has 16 heavy (non-hydrogen) atoms. The number of hydrogen-bond acceptors (Lipinski definition) is 4. The van der Waals surface area contributed by atoms with Crippen LogP contribution in [0.25, 0.3) is 0 Å². The van der Waals surface area contributed by atoms with Crippen molar-refractivity contribution >= 4 is 11.7 Å². The van der Waals surface area contributed by atoms with Gasteiger partial charge in [-0.15, -0.1) is 0 Å². The monoisotopic (exact) mass is 222 g/mol. The van der Waals surface area contributed by atoms with Gasteiger partial charge in [0, 0.05) is 17.7 Å². The van der Waals surface area contributed by atoms with Crippen molar-refractivity contribution in [1.29, 1.82) is 0 Å². The first-order chi connectivity index (χ1) is 7.52. The summed E-state index contributed by atoms with van der Waals surface area (Å²) in [5, 5.41) is 19.5. The Balaban J connectivity index is 2.34. The lowest BCUT2D eigenvalue weighted by Crippen LogP contribution is -2.02. The number of aromatic nitrogens is 1. The maximum absolute atomic E-state index is 10.7. The Hall–Kier alpha value is -1.98. The Bertz CT molecular complexity index is 472. The third-order valence-corrected chi connectivity index (χ3v) is 2.93. The van der Waals surface area contributed by atoms with Crippen molar-refractivity contribution in [2.45, 2.75) is 19.3 Å². The third-order valence-electron chi connectivity index (χ3n) is 2.93. The number of nitro groups is 1. The zero-order valence-electron chi connectivity index (χ0n) is 8.58. The summed E-state index contributed by atoms with van der Waals surface area (Å²) in [5.74, 6) is -1.39. The Morgan fingerprint density at radius 3 is 2.81 bits per heavy atom. The van der Waals surface area contributed by atoms with Gasteiger partial charge in [0.05, 0.1) is 10.8 Å². The number of carbonyl (C=O) groups is 1. The SMILES string of the molecule is Cc1c([C@H]2C[C@@H]2C(=O)O)cncc1[N+](=O)[O-]. The molecule has 1 aromatic rings. The van der Waals surface area contributed by atoms with Crippen molar-refractivity contribution in [3.8, 4) is 0 Å². The predicted molar refractivity (Wildman–Crippen MR) is 54.1 cm³/mol. The van der Waals surface area contributed by atoms with E-state index in [2.05, 4.69) is 4.98 Å². The van der Waals surface area contributed by atoms with Gasteiger partial charge in [-0.1, -0.05) is 0 Å². The fraction of sp³-hybridized carbons (Fsp3) is 0.400. The molecule has 6 nitrogen and oxygen atoms in total. The lowest BCUT2D eigenvalue weighted by Gasteiger charge is -2.03. The number of rotatable bonds is 3. The summed E-state index contributed by atoms with van der Waals surface area (Å²) in [7, 11) is 0. The second kappa shape index (κ2) is 3.55. The molecule has 1 aliphatic carbocycles. The quantitative estimate of drug-likeness (QED) is 0.617. The van der Waals surface area contributed by atoms with Gasteiger partial charge in [0.15, 0.2) is 0 Å². The van der Waals surface area contributed by atoms with Crippen LogP contribution >= 0.6 is 0 Å². The van der Waals surface area contributed by atoms with E-state index in [-0.39, 0.29) is 11.6 Å². The van der Waals surface area contributed by atoms with Crippen molar-refractivity contribution in [1.82, 2.24) is 4.98 Å². The van der Waals surface area contributed by atoms with Crippen molar-refractivity contribution in [3.63, 3.8) is 0 Å². The minimum absolute atomic E-state index is 0.0476. The molecular weight excluding hydrogens is 212 g/mol. The van der Waals surface area contributed by atoms with Gasteiger partial charge in [0.1, 0.15) is 6.20 Å². The Morgan fingerprint density at radius 2 is 2.31 bits per heavy atom. The smallest absolute Gasteiger partial charge is 0.307 e. The van der Waals surface area contributed by atoms with Gasteiger partial charge >= 0.3 is 5.97 Å². The number of carboxylic acid groups (broad SMARTS) is 1. The summed E-state index contributed by atoms with van der Waals surface area (Å²) in [4.78, 5) is 24.7. The van der Waals surface area contributed by atoms with E-state index in [4.69, 9.17) is 5.11 Å². The Morgan fingerprint density at radius 1 is 1.62 bits per heavy atom. The molecule has 1 N–H and O–H groups in total. The molecule has 0 amide bonds. The average molecular weight is 222 g/mol. The summed E-state index contributed by atoms with van der Waals surface area (Å²) in [6, 6.07) is 0. The zero-order valence-corrected chi connectivity index (χ0v) is 8.58. The molecule has 2 atom stereocenters. The Kier molecular flexibility index (Phi) is 2.34. The van der Waals surface area contributed by atoms with E-state index in [9.17, 15) is 14.9 Å². The number of carboxylic acids is 1. The predicted octanol–water partition coefficient (Wildman–Crippen LogP) is 1.49. The number of hydrogen-bond donors (Lipinski definition) is 1. The molecule has 1 fully saturated rings. The summed E-state index contributed by atoms with van der Waals surface area (Å²) in [6.45, 7) is 1.63. The van der Waals surface area contributed by atoms with Gasteiger partial charge in [0.2, 0.25) is 0 Å². The number of aliphatic carboxylic acids is 1. The van der Waals surface area contributed by atoms with Crippen molar-refractivity contribution < 1.29 is 14.8 Å². The standard InChI is InChI=1S/C10H10N2O4/c1-5-8(6-2-7(6)10(13)14)3-11-4-9(5)12(15)16/h3-4,6-7H,2H2,1H3,(H,13,14)/t6-,7-/m0/s1. The molecule has 0 aliphatic heterocycles. The minimum Gasteiger partial charge on any atom is -0.481 e. The largest absolute Gasteiger partial charge is 0.481 e. The van der Waals surface area contributed by atoms with E-state index in [0.29, 0.717) is 17.5 Å². The summed E-state index contributed by atoms with van der Waals surface area (Å²) in [6.07, 6.45) is 3.26. The van der Waals surface area contributed by atoms with Gasteiger partial charge in [-0.2, -0.15) is 0 Å². The van der Waals surface area contributed by atoms with Crippen LogP contribution in [0.1, 0.15) is 23.5 Å². The molecule has 1 aromatic heterocycles. The fourth-order valence-electron chi connectivity index (χ4n) is 1.90. The second-order valence-electron chi connectivity index (χ2n) is 3.92. The molecule has 1 aliphatic rings. The van der Waals surface area contributed by atoms with Crippen molar-refractivity contribution in [3.05, 3.63) is 33.6 Å². The third kappa shape index (κ3) is 1.62. The lowest BCUT2D eigenvalue weighted by molar-refractivity contribution is -0.385. The molecule has 0 saturated heterocycles. The van der Waals surface area contributed by atoms with E-state index < -0.39 is 16.8 Å². The molecule has 0 aromatic carbocycles. The van der Waals surface area contributed by atoms with Gasteiger partial charge in [-0.3, -0.25) is 19.9 Å². The molecule has 0 spiro atoms. The molecule has 84 valence electrons. The molecule has 6 heteroatoms. The van der Waals surface area contributed by atoms with E-state index in [1.165, 1.54) is 12.4 Å². The molecule has 0 bridgehead atoms. The number of pyridine rings is 1. The first-order valence-electron chi connectivity index (χ1n) is 4.84. The second-order valence-corrected chi connectivity index (χ2v) is 3.92. The van der Waals surface area contributed by atoms with E-state index >= 15 is 0 Å². The van der Waals surface area contributed by atoms with Crippen molar-refractivity contribution in [2.75, 3.05) is 0 Å². The first-order valence-corrected chi connectivity index (χ1v) is 4.84. The Labute approximate surface area is 91.1 Å². The maximum Gasteiger partial charge on any atom is 0.307 e. The highest BCUT2D eigenvalue weighted by molar-refractivity contribution is 5.75. The van der Waals surface area contributed by atoms with E-state index in [1.54, 1.807) is 6.92 Å². The van der Waals surface area contributed by atoms with Crippen LogP contribution in [0.15, 0.2) is 12.4 Å². The maximum atomic E-state index is 10.7. The van der Waals surface area contributed by atoms with Crippen LogP contribution in [0.4, 0.5) is 5.69 Å². The van der Waals surface area contributed by atoms with E-state index in [1.807, 2.05) is 0 Å². The molecule has 2 rings (SSSR count). The molecule has 1 heterocycles. The average Bonchev–Trinajstić information content (AvgIpc) is 2.97. The van der Waals surface area contributed by atoms with Crippen LogP contribution in [0.3, 0.4) is 0 Å². The van der Waals surface area contributed by atoms with Crippen LogP contribution in [0.5, 0.6) is 0 Å². The van der Waals surface area contributed by atoms with E-state index in [0.717, 1.165) is 0 Å². The highest BCUT2D eigenvalue weighted by atomic mass is 16.6. The van der Waals surface area contributed by atoms with Crippen LogP contribution < -0.4 is 0 Å². The molecule has 1 saturated carbocycles. The fourth-order valence-corrected chi connectivity index (χ4v) is 1.90. The summed E-state index contributed by atoms with van der Waals surface area (Å²) in [5.41, 5.74) is 1.16. The minimum atomic E-state index is -0.851. The normalized spacial score (nSPS) is 22.8. The van der Waals surface area contributed by atoms with Gasteiger partial charge < -0.3 is 5.11 Å². The van der Waals surface area contributed by atoms with Crippen LogP contribution in [0.2, 0.25) is 0 Å². The molecule has 0 radical (unpaired) electrons. The van der Waals surface area contributed by atoms with Crippen molar-refractivity contribution in [2.24, 2.45) is 5.92 Å². The molecular formula is C10H10N2O4. The summed E-state index contributed by atoms with van der Waals surface area (Å²) >= 11 is 0. The lowest BCUT2D eigenvalue weighted by atomic mass is 10.0. The molecule has 0 unspecified atom stereocenters. The van der Waals surface area contributed by atoms with Crippen LogP contribution in [-0.4, -0.2) is 21.0 Å². The highest BCUT2D eigenvalue weighted by Crippen LogP contribution is 2.49. The first kappa shape index (κ1) is 10.5. The summed E-state index contributed by atoms with van der Waals surface area (Å²) < 4.78 is 0. The highest BCUT2D eigenvalue weighted by Gasteiger charge is 2.45. The van der Waals surface area contributed by atoms with Gasteiger partial charge in [0.25, 0.3) is 5.69 Å². The van der Waals surface area contributed by atoms with Gasteiger partial charge in [-0.25, -0.2) is 0 Å². The zero-order chi connectivity index (χ0) is 11.9.